The number of nitrogens with zero attached hydrogens (tertiary/aromatic N) is 5. The maximum atomic E-state index is 4.19. The minimum atomic E-state index is 0.323. The molecule has 0 aliphatic heterocycles. The van der Waals surface area contributed by atoms with E-state index in [0.717, 1.165) is 12.2 Å². The topological polar surface area (TPSA) is 46.8 Å². The van der Waals surface area contributed by atoms with Gasteiger partial charge in [-0.15, -0.1) is 0 Å². The van der Waals surface area contributed by atoms with Crippen molar-refractivity contribution in [3.8, 4) is 5.69 Å². The van der Waals surface area contributed by atoms with Crippen molar-refractivity contribution >= 4 is 0 Å². The largest absolute Gasteiger partial charge is 0.295 e. The molecule has 5 nitrogen and oxygen atoms in total. The summed E-state index contributed by atoms with van der Waals surface area (Å²) in [5, 5.41) is 4.13. The van der Waals surface area contributed by atoms with Gasteiger partial charge in [-0.25, -0.2) is 9.67 Å². The van der Waals surface area contributed by atoms with Crippen molar-refractivity contribution in [2.24, 2.45) is 0 Å². The summed E-state index contributed by atoms with van der Waals surface area (Å²) in [5.74, 6) is 0. The monoisotopic (exact) mass is 293 g/mol. The van der Waals surface area contributed by atoms with Gasteiger partial charge in [0.1, 0.15) is 12.7 Å². The van der Waals surface area contributed by atoms with Crippen molar-refractivity contribution in [1.82, 2.24) is 24.6 Å². The fourth-order valence-corrected chi connectivity index (χ4v) is 2.40. The van der Waals surface area contributed by atoms with Crippen LogP contribution in [0.1, 0.15) is 24.1 Å². The number of rotatable bonds is 5. The highest BCUT2D eigenvalue weighted by Gasteiger charge is 2.12. The van der Waals surface area contributed by atoms with E-state index >= 15 is 0 Å². The minimum Gasteiger partial charge on any atom is -0.295 e. The Balaban J connectivity index is 1.68. The molecule has 22 heavy (non-hydrogen) atoms. The number of hydrogen-bond acceptors (Lipinski definition) is 4. The van der Waals surface area contributed by atoms with E-state index in [-0.39, 0.29) is 0 Å². The van der Waals surface area contributed by atoms with Crippen LogP contribution in [0.15, 0.2) is 61.4 Å². The predicted molar refractivity (Wildman–Crippen MR) is 85.5 cm³/mol. The Kier molecular flexibility index (Phi) is 4.25. The van der Waals surface area contributed by atoms with Crippen LogP contribution in [0, 0.1) is 0 Å². The Morgan fingerprint density at radius 1 is 1.14 bits per heavy atom. The molecule has 0 aliphatic carbocycles. The average molecular weight is 293 g/mol. The van der Waals surface area contributed by atoms with Gasteiger partial charge in [-0.1, -0.05) is 18.2 Å². The third-order valence-corrected chi connectivity index (χ3v) is 3.88. The highest BCUT2D eigenvalue weighted by Crippen LogP contribution is 2.20. The van der Waals surface area contributed by atoms with E-state index in [1.807, 2.05) is 12.3 Å². The van der Waals surface area contributed by atoms with Gasteiger partial charge >= 0.3 is 0 Å². The lowest BCUT2D eigenvalue weighted by atomic mass is 10.1. The SMILES string of the molecule is CC(c1cccnc1)N(C)Cc1ccc(-n2cncn2)cc1. The Labute approximate surface area is 130 Å². The standard InChI is InChI=1S/C17H19N5/c1-14(16-4-3-9-18-10-16)21(2)11-15-5-7-17(8-6-15)22-13-19-12-20-22/h3-10,12-14H,11H2,1-2H3. The van der Waals surface area contributed by atoms with Gasteiger partial charge in [0.05, 0.1) is 5.69 Å². The van der Waals surface area contributed by atoms with E-state index in [0.29, 0.717) is 6.04 Å². The van der Waals surface area contributed by atoms with Gasteiger partial charge < -0.3 is 0 Å². The molecular formula is C17H19N5. The fraction of sp³-hybridized carbons (Fsp3) is 0.235. The summed E-state index contributed by atoms with van der Waals surface area (Å²) in [7, 11) is 2.13. The molecule has 2 heterocycles. The first-order valence-electron chi connectivity index (χ1n) is 7.28. The molecular weight excluding hydrogens is 274 g/mol. The van der Waals surface area contributed by atoms with Gasteiger partial charge in [0, 0.05) is 25.0 Å². The van der Waals surface area contributed by atoms with Crippen LogP contribution in [0.2, 0.25) is 0 Å². The summed E-state index contributed by atoms with van der Waals surface area (Å²) in [4.78, 5) is 10.5. The maximum Gasteiger partial charge on any atom is 0.138 e. The van der Waals surface area contributed by atoms with Gasteiger partial charge in [-0.2, -0.15) is 5.10 Å². The molecule has 1 aromatic carbocycles. The molecule has 5 heteroatoms. The van der Waals surface area contributed by atoms with Gasteiger partial charge in [0.25, 0.3) is 0 Å². The van der Waals surface area contributed by atoms with Crippen LogP contribution in [0.25, 0.3) is 5.69 Å². The number of pyridine rings is 1. The Hall–Kier alpha value is -2.53. The zero-order valence-corrected chi connectivity index (χ0v) is 12.8. The van der Waals surface area contributed by atoms with Crippen LogP contribution in [-0.4, -0.2) is 31.7 Å². The molecule has 1 atom stereocenters. The number of aromatic nitrogens is 4. The molecule has 0 bridgehead atoms. The predicted octanol–water partition coefficient (Wildman–Crippen LogP) is 2.86. The Morgan fingerprint density at radius 2 is 1.95 bits per heavy atom. The van der Waals surface area contributed by atoms with E-state index in [1.54, 1.807) is 17.2 Å². The maximum absolute atomic E-state index is 4.19. The zero-order chi connectivity index (χ0) is 15.4. The first-order chi connectivity index (χ1) is 10.7. The van der Waals surface area contributed by atoms with Gasteiger partial charge in [-0.3, -0.25) is 9.88 Å². The van der Waals surface area contributed by atoms with Crippen LogP contribution in [-0.2, 0) is 6.54 Å². The lowest BCUT2D eigenvalue weighted by Crippen LogP contribution is -2.22. The summed E-state index contributed by atoms with van der Waals surface area (Å²) < 4.78 is 1.76. The van der Waals surface area contributed by atoms with Crippen molar-refractivity contribution in [3.63, 3.8) is 0 Å². The molecule has 3 rings (SSSR count). The molecule has 0 N–H and O–H groups in total. The van der Waals surface area contributed by atoms with Gasteiger partial charge in [0.2, 0.25) is 0 Å². The minimum absolute atomic E-state index is 0.323. The molecule has 1 unspecified atom stereocenters. The first-order valence-corrected chi connectivity index (χ1v) is 7.28. The highest BCUT2D eigenvalue weighted by molar-refractivity contribution is 5.33. The van der Waals surface area contributed by atoms with E-state index in [4.69, 9.17) is 0 Å². The van der Waals surface area contributed by atoms with Crippen LogP contribution in [0.3, 0.4) is 0 Å². The lowest BCUT2D eigenvalue weighted by Gasteiger charge is -2.25. The second kappa shape index (κ2) is 6.49. The quantitative estimate of drug-likeness (QED) is 0.725. The first kappa shape index (κ1) is 14.4. The van der Waals surface area contributed by atoms with Crippen molar-refractivity contribution in [2.75, 3.05) is 7.05 Å². The van der Waals surface area contributed by atoms with Crippen LogP contribution >= 0.6 is 0 Å². The summed E-state index contributed by atoms with van der Waals surface area (Å²) in [6, 6.07) is 12.8. The van der Waals surface area contributed by atoms with E-state index < -0.39 is 0 Å². The highest BCUT2D eigenvalue weighted by atomic mass is 15.3. The van der Waals surface area contributed by atoms with Crippen LogP contribution in [0.5, 0.6) is 0 Å². The third kappa shape index (κ3) is 3.20. The molecule has 0 aliphatic rings. The third-order valence-electron chi connectivity index (χ3n) is 3.88. The average Bonchev–Trinajstić information content (AvgIpc) is 3.10. The van der Waals surface area contributed by atoms with Crippen molar-refractivity contribution in [1.29, 1.82) is 0 Å². The van der Waals surface area contributed by atoms with Crippen LogP contribution in [0.4, 0.5) is 0 Å². The van der Waals surface area contributed by atoms with Crippen molar-refractivity contribution in [2.45, 2.75) is 19.5 Å². The number of hydrogen-bond donors (Lipinski definition) is 0. The Morgan fingerprint density at radius 3 is 2.59 bits per heavy atom. The van der Waals surface area contributed by atoms with Gasteiger partial charge in [-0.05, 0) is 43.3 Å². The lowest BCUT2D eigenvalue weighted by molar-refractivity contribution is 0.252. The normalized spacial score (nSPS) is 12.5. The molecule has 0 fully saturated rings. The van der Waals surface area contributed by atoms with Crippen molar-refractivity contribution < 1.29 is 0 Å². The Bertz CT molecular complexity index is 692. The van der Waals surface area contributed by atoms with Gasteiger partial charge in [0.15, 0.2) is 0 Å². The second-order valence-electron chi connectivity index (χ2n) is 5.38. The van der Waals surface area contributed by atoms with E-state index in [9.17, 15) is 0 Å². The molecule has 0 saturated heterocycles. The molecule has 0 amide bonds. The number of benzene rings is 1. The molecule has 0 radical (unpaired) electrons. The molecule has 112 valence electrons. The fourth-order valence-electron chi connectivity index (χ4n) is 2.40. The summed E-state index contributed by atoms with van der Waals surface area (Å²) in [6.07, 6.45) is 6.97. The van der Waals surface area contributed by atoms with E-state index in [1.165, 1.54) is 17.5 Å². The molecule has 2 aromatic heterocycles. The second-order valence-corrected chi connectivity index (χ2v) is 5.38. The molecule has 3 aromatic rings. The van der Waals surface area contributed by atoms with Crippen LogP contribution < -0.4 is 0 Å². The smallest absolute Gasteiger partial charge is 0.138 e. The zero-order valence-electron chi connectivity index (χ0n) is 12.8. The summed E-state index contributed by atoms with van der Waals surface area (Å²) >= 11 is 0. The summed E-state index contributed by atoms with van der Waals surface area (Å²) in [6.45, 7) is 3.08. The summed E-state index contributed by atoms with van der Waals surface area (Å²) in [5.41, 5.74) is 3.51. The molecule has 0 saturated carbocycles. The van der Waals surface area contributed by atoms with Crippen molar-refractivity contribution in [3.05, 3.63) is 72.6 Å². The molecule has 0 spiro atoms. The van der Waals surface area contributed by atoms with E-state index in [2.05, 4.69) is 64.3 Å².